The molecular formula is C21H45AlO15. The Bertz CT molecular complexity index is 350. The van der Waals surface area contributed by atoms with Crippen LogP contribution in [0.25, 0.3) is 0 Å². The Hall–Kier alpha value is -0.0675. The van der Waals surface area contributed by atoms with Gasteiger partial charge in [-0.3, -0.25) is 0 Å². The first kappa shape index (κ1) is 44.0. The van der Waals surface area contributed by atoms with Gasteiger partial charge in [-0.25, -0.2) is 0 Å². The summed E-state index contributed by atoms with van der Waals surface area (Å²) in [6.45, 7) is -0.239. The molecule has 0 saturated carbocycles. The monoisotopic (exact) mass is 564 g/mol. The average Bonchev–Trinajstić information content (AvgIpc) is 2.93. The van der Waals surface area contributed by atoms with Crippen LogP contribution in [-0.2, 0) is 56.8 Å². The van der Waals surface area contributed by atoms with E-state index in [2.05, 4.69) is 0 Å². The van der Waals surface area contributed by atoms with Crippen LogP contribution in [-0.4, -0.2) is 159 Å². The van der Waals surface area contributed by atoms with Crippen molar-refractivity contribution >= 4 is 17.4 Å². The van der Waals surface area contributed by atoms with Crippen LogP contribution < -0.4 is 15.3 Å². The molecule has 0 aromatic heterocycles. The molecule has 0 aromatic rings. The maximum Gasteiger partial charge on any atom is 3.00 e. The number of rotatable bonds is 21. The number of ether oxygens (including phenoxy) is 12. The summed E-state index contributed by atoms with van der Waals surface area (Å²) in [6, 6.07) is 0. The first-order chi connectivity index (χ1) is 17.2. The normalized spacial score (nSPS) is 11.7. The Kier molecular flexibility index (Phi) is 34.4. The van der Waals surface area contributed by atoms with Crippen molar-refractivity contribution in [3.05, 3.63) is 0 Å². The Morgan fingerprint density at radius 3 is 0.649 bits per heavy atom. The van der Waals surface area contributed by atoms with E-state index >= 15 is 0 Å². The Labute approximate surface area is 231 Å². The smallest absolute Gasteiger partial charge is 0.853 e. The van der Waals surface area contributed by atoms with Crippen molar-refractivity contribution in [2.45, 2.75) is 17.9 Å². The third kappa shape index (κ3) is 20.5. The van der Waals surface area contributed by atoms with Gasteiger partial charge >= 0.3 is 35.3 Å². The van der Waals surface area contributed by atoms with Crippen LogP contribution in [0.5, 0.6) is 0 Å². The van der Waals surface area contributed by atoms with E-state index in [0.29, 0.717) is 0 Å². The fraction of sp³-hybridized carbons (Fsp3) is 1.00. The maximum absolute atomic E-state index is 10.0. The topological polar surface area (TPSA) is 180 Å². The van der Waals surface area contributed by atoms with Crippen molar-refractivity contribution in [3.8, 4) is 0 Å². The third-order valence-electron chi connectivity index (χ3n) is 4.32. The minimum atomic E-state index is -1.19. The van der Waals surface area contributed by atoms with Crippen LogP contribution in [0.1, 0.15) is 0 Å². The van der Waals surface area contributed by atoms with Crippen LogP contribution >= 0.6 is 0 Å². The second-order valence-corrected chi connectivity index (χ2v) is 6.16. The van der Waals surface area contributed by atoms with E-state index in [4.69, 9.17) is 56.8 Å². The van der Waals surface area contributed by atoms with Gasteiger partial charge in [-0.15, -0.1) is 19.8 Å². The summed E-state index contributed by atoms with van der Waals surface area (Å²) in [5.74, 6) is -3.56. The van der Waals surface area contributed by atoms with Gasteiger partial charge in [0, 0.05) is 83.8 Å². The van der Waals surface area contributed by atoms with E-state index in [9.17, 15) is 15.3 Å². The van der Waals surface area contributed by atoms with Gasteiger partial charge in [0.1, 0.15) is 19.8 Å². The van der Waals surface area contributed by atoms with Gasteiger partial charge in [0.2, 0.25) is 0 Å². The second kappa shape index (κ2) is 28.9. The quantitative estimate of drug-likeness (QED) is 0.0760. The Morgan fingerprint density at radius 1 is 0.378 bits per heavy atom. The van der Waals surface area contributed by atoms with E-state index < -0.39 is 17.9 Å². The predicted octanol–water partition coefficient (Wildman–Crippen LogP) is -3.51. The van der Waals surface area contributed by atoms with Crippen LogP contribution in [0, 0.1) is 0 Å². The van der Waals surface area contributed by atoms with E-state index in [-0.39, 0.29) is 76.8 Å². The molecule has 0 aliphatic rings. The van der Waals surface area contributed by atoms with Crippen molar-refractivity contribution in [2.75, 3.05) is 123 Å². The van der Waals surface area contributed by atoms with Crippen molar-refractivity contribution < 1.29 is 72.2 Å². The van der Waals surface area contributed by atoms with Gasteiger partial charge in [0.15, 0.2) is 0 Å². The molecule has 15 nitrogen and oxygen atoms in total. The molecule has 0 aliphatic carbocycles. The predicted molar refractivity (Wildman–Crippen MR) is 124 cm³/mol. The summed E-state index contributed by atoms with van der Waals surface area (Å²) in [5.41, 5.74) is 0. The average molecular weight is 565 g/mol. The molecular weight excluding hydrogens is 519 g/mol. The zero-order valence-electron chi connectivity index (χ0n) is 23.6. The van der Waals surface area contributed by atoms with E-state index in [1.807, 2.05) is 0 Å². The second-order valence-electron chi connectivity index (χ2n) is 6.16. The summed E-state index contributed by atoms with van der Waals surface area (Å²) in [4.78, 5) is 0. The van der Waals surface area contributed by atoms with Crippen molar-refractivity contribution in [1.82, 2.24) is 0 Å². The summed E-state index contributed by atoms with van der Waals surface area (Å²) in [5, 5.41) is 30.1. The van der Waals surface area contributed by atoms with Gasteiger partial charge in [-0.2, -0.15) is 0 Å². The van der Waals surface area contributed by atoms with Crippen molar-refractivity contribution in [3.63, 3.8) is 0 Å². The molecule has 0 amide bonds. The molecule has 0 bridgehead atoms. The minimum absolute atomic E-state index is 0. The SMILES string of the molecule is COC(COCC[O-])(OC)OC.COC(COCC[O-])(OC)OC.COC(COCC[O-])(OC)OC.[Al+3]. The van der Waals surface area contributed by atoms with E-state index in [1.54, 1.807) is 0 Å². The Morgan fingerprint density at radius 2 is 0.541 bits per heavy atom. The molecule has 0 aliphatic heterocycles. The fourth-order valence-electron chi connectivity index (χ4n) is 2.05. The summed E-state index contributed by atoms with van der Waals surface area (Å²) >= 11 is 0. The molecule has 0 radical (unpaired) electrons. The van der Waals surface area contributed by atoms with Gasteiger partial charge in [0.25, 0.3) is 0 Å². The van der Waals surface area contributed by atoms with Crippen LogP contribution in [0.15, 0.2) is 0 Å². The summed E-state index contributed by atoms with van der Waals surface area (Å²) < 4.78 is 59.0. The minimum Gasteiger partial charge on any atom is -0.853 e. The molecule has 0 fully saturated rings. The van der Waals surface area contributed by atoms with Crippen LogP contribution in [0.3, 0.4) is 0 Å². The number of methoxy groups -OCH3 is 9. The van der Waals surface area contributed by atoms with E-state index in [1.165, 1.54) is 64.0 Å². The summed E-state index contributed by atoms with van der Waals surface area (Å²) in [7, 11) is 12.9. The van der Waals surface area contributed by atoms with E-state index in [0.717, 1.165) is 0 Å². The van der Waals surface area contributed by atoms with Crippen LogP contribution in [0.4, 0.5) is 0 Å². The van der Waals surface area contributed by atoms with Gasteiger partial charge in [-0.05, 0) is 0 Å². The first-order valence-electron chi connectivity index (χ1n) is 10.7. The van der Waals surface area contributed by atoms with Gasteiger partial charge in [0.05, 0.1) is 0 Å². The molecule has 0 N–H and O–H groups in total. The molecule has 0 rings (SSSR count). The zero-order chi connectivity index (χ0) is 28.3. The zero-order valence-corrected chi connectivity index (χ0v) is 24.7. The summed E-state index contributed by atoms with van der Waals surface area (Å²) in [6.07, 6.45) is 0. The molecule has 222 valence electrons. The molecule has 0 unspecified atom stereocenters. The fourth-order valence-corrected chi connectivity index (χ4v) is 2.05. The third-order valence-corrected chi connectivity index (χ3v) is 4.32. The number of hydrogen-bond acceptors (Lipinski definition) is 15. The molecule has 0 spiro atoms. The van der Waals surface area contributed by atoms with Gasteiger partial charge < -0.3 is 72.2 Å². The van der Waals surface area contributed by atoms with Crippen molar-refractivity contribution in [2.24, 2.45) is 0 Å². The largest absolute Gasteiger partial charge is 3.00 e. The standard InChI is InChI=1S/3C7H15O5.Al/c3*1-9-7(10-2,11-3)6-12-5-4-8;/h3*4-6H2,1-3H3;/q3*-1;+3. The molecule has 0 aromatic carbocycles. The Balaban J connectivity index is -0.000000218. The maximum atomic E-state index is 10.0. The first-order valence-corrected chi connectivity index (χ1v) is 10.7. The molecule has 0 atom stereocenters. The van der Waals surface area contributed by atoms with Gasteiger partial charge in [-0.1, -0.05) is 0 Å². The van der Waals surface area contributed by atoms with Crippen LogP contribution in [0.2, 0.25) is 0 Å². The molecule has 0 heterocycles. The molecule has 16 heteroatoms. The molecule has 0 saturated heterocycles. The van der Waals surface area contributed by atoms with Crippen molar-refractivity contribution in [1.29, 1.82) is 0 Å². The number of hydrogen-bond donors (Lipinski definition) is 0. The molecule has 37 heavy (non-hydrogen) atoms.